The average Bonchev–Trinajstić information content (AvgIpc) is 2.78. The van der Waals surface area contributed by atoms with Crippen LogP contribution in [0.3, 0.4) is 0 Å². The molecule has 0 saturated heterocycles. The normalized spacial score (nSPS) is 18.2. The molecule has 21 heavy (non-hydrogen) atoms. The SMILES string of the molecule is CCn1nc(C)cc1CC(O)C1(c2ccccc2)CCC1. The van der Waals surface area contributed by atoms with Crippen LogP contribution in [0.2, 0.25) is 0 Å². The van der Waals surface area contributed by atoms with Crippen molar-refractivity contribution in [2.45, 2.75) is 57.6 Å². The fourth-order valence-electron chi connectivity index (χ4n) is 3.57. The van der Waals surface area contributed by atoms with E-state index in [-0.39, 0.29) is 11.5 Å². The molecule has 0 spiro atoms. The van der Waals surface area contributed by atoms with E-state index in [1.165, 1.54) is 12.0 Å². The Balaban J connectivity index is 1.85. The molecule has 0 aliphatic heterocycles. The highest BCUT2D eigenvalue weighted by molar-refractivity contribution is 5.30. The highest BCUT2D eigenvalue weighted by atomic mass is 16.3. The number of hydrogen-bond donors (Lipinski definition) is 1. The number of aryl methyl sites for hydroxylation is 2. The zero-order chi connectivity index (χ0) is 14.9. The topological polar surface area (TPSA) is 38.0 Å². The number of nitrogens with zero attached hydrogens (tertiary/aromatic N) is 2. The molecule has 1 heterocycles. The maximum absolute atomic E-state index is 10.9. The summed E-state index contributed by atoms with van der Waals surface area (Å²) in [5.74, 6) is 0. The van der Waals surface area contributed by atoms with Gasteiger partial charge in [-0.05, 0) is 38.3 Å². The van der Waals surface area contributed by atoms with Gasteiger partial charge in [0.25, 0.3) is 0 Å². The van der Waals surface area contributed by atoms with Gasteiger partial charge >= 0.3 is 0 Å². The van der Waals surface area contributed by atoms with Crippen LogP contribution in [-0.2, 0) is 18.4 Å². The van der Waals surface area contributed by atoms with Crippen molar-refractivity contribution in [2.24, 2.45) is 0 Å². The minimum Gasteiger partial charge on any atom is -0.392 e. The smallest absolute Gasteiger partial charge is 0.0691 e. The van der Waals surface area contributed by atoms with Gasteiger partial charge in [0.05, 0.1) is 11.8 Å². The molecule has 1 aromatic heterocycles. The van der Waals surface area contributed by atoms with Crippen LogP contribution >= 0.6 is 0 Å². The first kappa shape index (κ1) is 14.3. The summed E-state index contributed by atoms with van der Waals surface area (Å²) in [4.78, 5) is 0. The second kappa shape index (κ2) is 5.64. The van der Waals surface area contributed by atoms with Crippen LogP contribution < -0.4 is 0 Å². The maximum Gasteiger partial charge on any atom is 0.0691 e. The van der Waals surface area contributed by atoms with Gasteiger partial charge in [-0.3, -0.25) is 4.68 Å². The van der Waals surface area contributed by atoms with Crippen LogP contribution in [-0.4, -0.2) is 21.0 Å². The van der Waals surface area contributed by atoms with Crippen LogP contribution in [0.4, 0.5) is 0 Å². The molecule has 1 N–H and O–H groups in total. The predicted octanol–water partition coefficient (Wildman–Crippen LogP) is 3.24. The van der Waals surface area contributed by atoms with Crippen molar-refractivity contribution in [3.05, 3.63) is 53.3 Å². The molecule has 0 amide bonds. The van der Waals surface area contributed by atoms with E-state index in [1.54, 1.807) is 0 Å². The molecule has 1 aliphatic rings. The van der Waals surface area contributed by atoms with Crippen LogP contribution in [0.5, 0.6) is 0 Å². The van der Waals surface area contributed by atoms with Crippen molar-refractivity contribution >= 4 is 0 Å². The molecule has 1 aromatic carbocycles. The number of rotatable bonds is 5. The number of aliphatic hydroxyl groups is 1. The Hall–Kier alpha value is -1.61. The monoisotopic (exact) mass is 284 g/mol. The van der Waals surface area contributed by atoms with Gasteiger partial charge < -0.3 is 5.11 Å². The Morgan fingerprint density at radius 1 is 1.29 bits per heavy atom. The highest BCUT2D eigenvalue weighted by Gasteiger charge is 2.44. The van der Waals surface area contributed by atoms with Gasteiger partial charge in [0, 0.05) is 24.1 Å². The van der Waals surface area contributed by atoms with E-state index in [1.807, 2.05) is 17.7 Å². The average molecular weight is 284 g/mol. The van der Waals surface area contributed by atoms with Gasteiger partial charge in [0.2, 0.25) is 0 Å². The van der Waals surface area contributed by atoms with Crippen molar-refractivity contribution in [1.29, 1.82) is 0 Å². The van der Waals surface area contributed by atoms with Crippen LogP contribution in [0.25, 0.3) is 0 Å². The van der Waals surface area contributed by atoms with E-state index >= 15 is 0 Å². The van der Waals surface area contributed by atoms with Gasteiger partial charge in [-0.2, -0.15) is 5.10 Å². The summed E-state index contributed by atoms with van der Waals surface area (Å²) >= 11 is 0. The van der Waals surface area contributed by atoms with Crippen molar-refractivity contribution in [3.8, 4) is 0 Å². The summed E-state index contributed by atoms with van der Waals surface area (Å²) in [6, 6.07) is 12.6. The van der Waals surface area contributed by atoms with Crippen molar-refractivity contribution in [2.75, 3.05) is 0 Å². The maximum atomic E-state index is 10.9. The zero-order valence-corrected chi connectivity index (χ0v) is 12.9. The third-order valence-electron chi connectivity index (χ3n) is 4.92. The Kier molecular flexibility index (Phi) is 3.85. The molecule has 1 saturated carbocycles. The first-order chi connectivity index (χ1) is 10.2. The second-order valence-electron chi connectivity index (χ2n) is 6.19. The molecule has 1 fully saturated rings. The van der Waals surface area contributed by atoms with Gasteiger partial charge in [-0.15, -0.1) is 0 Å². The van der Waals surface area contributed by atoms with E-state index in [0.717, 1.165) is 30.8 Å². The predicted molar refractivity (Wildman–Crippen MR) is 84.3 cm³/mol. The molecule has 1 unspecified atom stereocenters. The van der Waals surface area contributed by atoms with Crippen LogP contribution in [0.15, 0.2) is 36.4 Å². The molecule has 0 radical (unpaired) electrons. The van der Waals surface area contributed by atoms with Crippen molar-refractivity contribution in [1.82, 2.24) is 9.78 Å². The molecule has 1 aliphatic carbocycles. The number of aliphatic hydroxyl groups excluding tert-OH is 1. The molecule has 3 nitrogen and oxygen atoms in total. The Labute approximate surface area is 126 Å². The van der Waals surface area contributed by atoms with E-state index in [9.17, 15) is 5.11 Å². The summed E-state index contributed by atoms with van der Waals surface area (Å²) in [6.45, 7) is 4.96. The molecular weight excluding hydrogens is 260 g/mol. The van der Waals surface area contributed by atoms with Gasteiger partial charge in [-0.25, -0.2) is 0 Å². The van der Waals surface area contributed by atoms with Crippen LogP contribution in [0.1, 0.15) is 43.1 Å². The Morgan fingerprint density at radius 2 is 2.00 bits per heavy atom. The minimum absolute atomic E-state index is 0.0575. The van der Waals surface area contributed by atoms with E-state index in [4.69, 9.17) is 0 Å². The third kappa shape index (κ3) is 2.51. The largest absolute Gasteiger partial charge is 0.392 e. The highest BCUT2D eigenvalue weighted by Crippen LogP contribution is 2.47. The number of benzene rings is 1. The summed E-state index contributed by atoms with van der Waals surface area (Å²) in [7, 11) is 0. The molecular formula is C18H24N2O. The van der Waals surface area contributed by atoms with Gasteiger partial charge in [0.15, 0.2) is 0 Å². The first-order valence-electron chi connectivity index (χ1n) is 7.92. The molecule has 3 heteroatoms. The molecule has 0 bridgehead atoms. The quantitative estimate of drug-likeness (QED) is 0.915. The lowest BCUT2D eigenvalue weighted by molar-refractivity contribution is 0.0272. The fraction of sp³-hybridized carbons (Fsp3) is 0.500. The van der Waals surface area contributed by atoms with Crippen molar-refractivity contribution < 1.29 is 5.11 Å². The molecule has 2 aromatic rings. The van der Waals surface area contributed by atoms with E-state index in [2.05, 4.69) is 42.4 Å². The zero-order valence-electron chi connectivity index (χ0n) is 12.9. The fourth-order valence-corrected chi connectivity index (χ4v) is 3.57. The van der Waals surface area contributed by atoms with Crippen LogP contribution in [0, 0.1) is 6.92 Å². The first-order valence-corrected chi connectivity index (χ1v) is 7.92. The van der Waals surface area contributed by atoms with Gasteiger partial charge in [-0.1, -0.05) is 36.8 Å². The van der Waals surface area contributed by atoms with E-state index in [0.29, 0.717) is 6.42 Å². The number of aromatic nitrogens is 2. The van der Waals surface area contributed by atoms with Gasteiger partial charge in [0.1, 0.15) is 0 Å². The Bertz CT molecular complexity index is 599. The Morgan fingerprint density at radius 3 is 2.57 bits per heavy atom. The number of hydrogen-bond acceptors (Lipinski definition) is 2. The summed E-state index contributed by atoms with van der Waals surface area (Å²) in [5, 5.41) is 15.4. The molecule has 3 rings (SSSR count). The second-order valence-corrected chi connectivity index (χ2v) is 6.19. The standard InChI is InChI=1S/C18H24N2O/c1-3-20-16(12-14(2)19-20)13-17(21)18(10-7-11-18)15-8-5-4-6-9-15/h4-6,8-9,12,17,21H,3,7,10-11,13H2,1-2H3. The summed E-state index contributed by atoms with van der Waals surface area (Å²) in [5.41, 5.74) is 3.40. The lowest BCUT2D eigenvalue weighted by Gasteiger charge is -2.46. The summed E-state index contributed by atoms with van der Waals surface area (Å²) in [6.07, 6.45) is 3.71. The van der Waals surface area contributed by atoms with Crippen molar-refractivity contribution in [3.63, 3.8) is 0 Å². The van der Waals surface area contributed by atoms with E-state index < -0.39 is 0 Å². The minimum atomic E-state index is -0.338. The lowest BCUT2D eigenvalue weighted by atomic mass is 9.60. The third-order valence-corrected chi connectivity index (χ3v) is 4.92. The summed E-state index contributed by atoms with van der Waals surface area (Å²) < 4.78 is 2.01. The molecule has 112 valence electrons. The lowest BCUT2D eigenvalue weighted by Crippen LogP contribution is -2.46. The molecule has 1 atom stereocenters.